The van der Waals surface area contributed by atoms with E-state index < -0.39 is 31.2 Å². The van der Waals surface area contributed by atoms with E-state index in [1.165, 1.54) is 0 Å². The van der Waals surface area contributed by atoms with Crippen molar-refractivity contribution in [2.24, 2.45) is 0 Å². The molecule has 0 rings (SSSR count). The van der Waals surface area contributed by atoms with Crippen molar-refractivity contribution in [2.45, 2.75) is 0 Å². The second-order valence-electron chi connectivity index (χ2n) is 4.66. The van der Waals surface area contributed by atoms with Crippen LogP contribution in [0.25, 0.3) is 0 Å². The first-order valence-corrected chi connectivity index (χ1v) is 10.6. The van der Waals surface area contributed by atoms with Crippen LogP contribution in [0.3, 0.4) is 0 Å². The van der Waals surface area contributed by atoms with E-state index in [0.29, 0.717) is 6.54 Å². The molecular formula is C9H25Cr2N3O13S3. The average Bonchev–Trinajstić information content (AvgIpc) is 2.32. The molecule has 184 valence electrons. The molecule has 0 atom stereocenters. The molecule has 0 heterocycles. The number of hydrogen-bond acceptors (Lipinski definition) is 16. The maximum absolute atomic E-state index is 8.52. The van der Waals surface area contributed by atoms with E-state index in [9.17, 15) is 0 Å². The maximum atomic E-state index is 8.52. The van der Waals surface area contributed by atoms with Gasteiger partial charge in [-0.25, -0.2) is 0 Å². The van der Waals surface area contributed by atoms with Crippen LogP contribution in [0.1, 0.15) is 0 Å². The van der Waals surface area contributed by atoms with Crippen molar-refractivity contribution < 1.29 is 92.4 Å². The van der Waals surface area contributed by atoms with Gasteiger partial charge in [0.25, 0.3) is 0 Å². The summed E-state index contributed by atoms with van der Waals surface area (Å²) in [5.41, 5.74) is 0. The van der Waals surface area contributed by atoms with Crippen LogP contribution in [0.15, 0.2) is 0 Å². The molecule has 0 aliphatic rings. The number of rotatable bonds is 5. The molecule has 0 saturated carbocycles. The van der Waals surface area contributed by atoms with E-state index in [-0.39, 0.29) is 41.3 Å². The largest absolute Gasteiger partial charge is 3.00 e. The van der Waals surface area contributed by atoms with Gasteiger partial charge in [0.2, 0.25) is 0 Å². The van der Waals surface area contributed by atoms with Crippen molar-refractivity contribution in [1.82, 2.24) is 15.1 Å². The Kier molecular flexibility index (Phi) is 44.1. The van der Waals surface area contributed by atoms with Crippen molar-refractivity contribution in [3.05, 3.63) is 0 Å². The molecule has 0 bridgehead atoms. The monoisotopic (exact) mass is 583 g/mol. The Morgan fingerprint density at radius 3 is 0.867 bits per heavy atom. The van der Waals surface area contributed by atoms with Crippen molar-refractivity contribution in [2.75, 3.05) is 61.5 Å². The minimum atomic E-state index is -5.17. The first-order valence-electron chi connectivity index (χ1n) is 6.59. The Labute approximate surface area is 199 Å². The molecule has 0 spiro atoms. The Morgan fingerprint density at radius 1 is 0.667 bits per heavy atom. The van der Waals surface area contributed by atoms with Gasteiger partial charge >= 0.3 is 34.7 Å². The molecule has 0 aromatic carbocycles. The summed E-state index contributed by atoms with van der Waals surface area (Å²) in [6.45, 7) is 3.22. The van der Waals surface area contributed by atoms with Gasteiger partial charge in [-0.3, -0.25) is 25.3 Å². The molecule has 0 fully saturated rings. The van der Waals surface area contributed by atoms with E-state index in [1.54, 1.807) is 7.05 Å². The Bertz CT molecular complexity index is 522. The second-order valence-corrected chi connectivity index (χ2v) is 7.11. The Morgan fingerprint density at radius 2 is 0.833 bits per heavy atom. The molecule has 2 N–H and O–H groups in total. The predicted molar refractivity (Wildman–Crippen MR) is 89.5 cm³/mol. The fourth-order valence-corrected chi connectivity index (χ4v) is 0.512. The third kappa shape index (κ3) is 382. The van der Waals surface area contributed by atoms with Crippen LogP contribution in [0, 0.1) is 0 Å². The van der Waals surface area contributed by atoms with E-state index in [4.69, 9.17) is 57.7 Å². The third-order valence-electron chi connectivity index (χ3n) is 1.36. The third-order valence-corrected chi connectivity index (χ3v) is 1.36. The van der Waals surface area contributed by atoms with Gasteiger partial charge in [0, 0.05) is 50.8 Å². The van der Waals surface area contributed by atoms with Gasteiger partial charge in [0.05, 0.1) is 6.61 Å². The van der Waals surface area contributed by atoms with Crippen LogP contribution in [0.5, 0.6) is 0 Å². The minimum absolute atomic E-state index is 0. The van der Waals surface area contributed by atoms with Crippen LogP contribution < -0.4 is 5.32 Å². The number of nitrogens with one attached hydrogen (secondary N) is 1. The van der Waals surface area contributed by atoms with Gasteiger partial charge < -0.3 is 47.5 Å². The summed E-state index contributed by atoms with van der Waals surface area (Å²) < 4.78 is 102. The molecule has 0 aromatic rings. The number of aliphatic hydroxyl groups excluding tert-OH is 1. The summed E-state index contributed by atoms with van der Waals surface area (Å²) in [5, 5.41) is 10.8. The zero-order valence-corrected chi connectivity index (χ0v) is 21.6. The van der Waals surface area contributed by atoms with Gasteiger partial charge in [-0.2, -0.15) is 0 Å². The van der Waals surface area contributed by atoms with Crippen molar-refractivity contribution >= 4 is 31.2 Å². The smallest absolute Gasteiger partial charge is 0.759 e. The number of nitrogens with zero attached hydrogens (tertiary/aromatic N) is 2. The van der Waals surface area contributed by atoms with E-state index in [1.807, 2.05) is 0 Å². The standard InChI is InChI=1S/C6H16N2.C3H9NO.2Cr.3H2O4S/c1-7(2)5-6-8(3)4;1-4-2-3-5;;;3*1-5(2,3)4/h5-6H2,1-4H3;4-5H,2-3H2,1H3;;;3*(H2,1,2,3,4)/q;;2*+3;;;/p-6. The Balaban J connectivity index is -0.0000000441. The normalized spacial score (nSPS) is 10.2. The molecule has 0 amide bonds. The molecule has 2 radical (unpaired) electrons. The quantitative estimate of drug-likeness (QED) is 0.227. The van der Waals surface area contributed by atoms with Gasteiger partial charge in [-0.05, 0) is 35.2 Å². The Hall–Kier alpha value is 0.515. The fraction of sp³-hybridized carbons (Fsp3) is 1.00. The van der Waals surface area contributed by atoms with Crippen molar-refractivity contribution in [3.8, 4) is 0 Å². The van der Waals surface area contributed by atoms with Crippen LogP contribution in [0.2, 0.25) is 0 Å². The van der Waals surface area contributed by atoms with Gasteiger partial charge in [0.1, 0.15) is 0 Å². The minimum Gasteiger partial charge on any atom is -0.759 e. The SMILES string of the molecule is CN(C)CCN(C)C.CNCCO.O=S(=O)([O-])[O-].O=S(=O)([O-])[O-].O=S(=O)([O-])[O-].[Cr+3].[Cr+3]. The van der Waals surface area contributed by atoms with Crippen LogP contribution in [0.4, 0.5) is 0 Å². The molecule has 16 nitrogen and oxygen atoms in total. The molecular weight excluding hydrogens is 558 g/mol. The van der Waals surface area contributed by atoms with Crippen LogP contribution in [-0.2, 0) is 65.9 Å². The predicted octanol–water partition coefficient (Wildman–Crippen LogP) is -4.71. The molecule has 0 unspecified atom stereocenters. The zero-order valence-electron chi connectivity index (χ0n) is 16.6. The second kappa shape index (κ2) is 27.5. The maximum Gasteiger partial charge on any atom is 3.00 e. The summed E-state index contributed by atoms with van der Waals surface area (Å²) in [6.07, 6.45) is 0. The first kappa shape index (κ1) is 48.1. The molecule has 30 heavy (non-hydrogen) atoms. The number of aliphatic hydroxyl groups is 1. The van der Waals surface area contributed by atoms with Crippen LogP contribution in [-0.4, -0.2) is 129 Å². The summed E-state index contributed by atoms with van der Waals surface area (Å²) >= 11 is 0. The molecule has 21 heteroatoms. The van der Waals surface area contributed by atoms with Gasteiger partial charge in [0.15, 0.2) is 0 Å². The fourth-order valence-electron chi connectivity index (χ4n) is 0.512. The van der Waals surface area contributed by atoms with E-state index in [0.717, 1.165) is 13.1 Å². The van der Waals surface area contributed by atoms with E-state index >= 15 is 0 Å². The molecule has 0 saturated heterocycles. The summed E-state index contributed by atoms with van der Waals surface area (Å²) in [6, 6.07) is 0. The summed E-state index contributed by atoms with van der Waals surface area (Å²) in [4.78, 5) is 4.36. The zero-order chi connectivity index (χ0) is 24.2. The average molecular weight is 584 g/mol. The van der Waals surface area contributed by atoms with Crippen molar-refractivity contribution in [1.29, 1.82) is 0 Å². The van der Waals surface area contributed by atoms with Crippen molar-refractivity contribution in [3.63, 3.8) is 0 Å². The number of hydrogen-bond donors (Lipinski definition) is 2. The number of likely N-dealkylation sites (N-methyl/N-ethyl adjacent to an activating group) is 3. The summed E-state index contributed by atoms with van der Waals surface area (Å²) in [7, 11) is -5.35. The van der Waals surface area contributed by atoms with Gasteiger partial charge in [-0.15, -0.1) is 0 Å². The van der Waals surface area contributed by atoms with E-state index in [2.05, 4.69) is 43.3 Å². The molecule has 0 aliphatic carbocycles. The topological polar surface area (TPSA) is 280 Å². The van der Waals surface area contributed by atoms with Gasteiger partial charge in [-0.1, -0.05) is 0 Å². The molecule has 0 aliphatic heterocycles. The summed E-state index contributed by atoms with van der Waals surface area (Å²) in [5.74, 6) is 0. The van der Waals surface area contributed by atoms with Crippen LogP contribution >= 0.6 is 0 Å². The molecule has 0 aromatic heterocycles. The first-order chi connectivity index (χ1) is 12.0.